The fourth-order valence-corrected chi connectivity index (χ4v) is 8.80. The molecule has 0 aliphatic carbocycles. The summed E-state index contributed by atoms with van der Waals surface area (Å²) in [5, 5.41) is 31.5. The fourth-order valence-electron chi connectivity index (χ4n) is 8.80. The van der Waals surface area contributed by atoms with Crippen LogP contribution in [0.15, 0.2) is 85.1 Å². The van der Waals surface area contributed by atoms with Gasteiger partial charge in [-0.1, -0.05) is 209 Å². The van der Waals surface area contributed by atoms with Gasteiger partial charge in [0.05, 0.1) is 6.61 Å². The Kier molecular flexibility index (Phi) is 48.4. The van der Waals surface area contributed by atoms with Crippen molar-refractivity contribution in [1.29, 1.82) is 0 Å². The predicted molar refractivity (Wildman–Crippen MR) is 312 cm³/mol. The summed E-state index contributed by atoms with van der Waals surface area (Å²) in [5.41, 5.74) is 0. The third-order valence-electron chi connectivity index (χ3n) is 13.4. The SMILES string of the molecule is CC/C=C\C/C=C\C/C=C\CCCCCCCCCC(=O)OC1C(OCC(COC(=O)CCCCCCCCC/C=C\CCCCCCCC)OC(=O)CCCCC/C=C\C/C=C\C/C=C\CC)OC(C(=O)O)C(O)C1O. The van der Waals surface area contributed by atoms with Gasteiger partial charge >= 0.3 is 23.9 Å². The molecule has 1 aliphatic heterocycles. The number of unbranched alkanes of at least 4 members (excludes halogenated alkanes) is 23. The van der Waals surface area contributed by atoms with Crippen molar-refractivity contribution >= 4 is 23.9 Å². The third-order valence-corrected chi connectivity index (χ3v) is 13.4. The number of aliphatic hydroxyl groups is 2. The maximum atomic E-state index is 13.1. The summed E-state index contributed by atoms with van der Waals surface area (Å²) in [7, 11) is 0. The first-order valence-electron chi connectivity index (χ1n) is 30.6. The van der Waals surface area contributed by atoms with Crippen molar-refractivity contribution in [1.82, 2.24) is 0 Å². The summed E-state index contributed by atoms with van der Waals surface area (Å²) >= 11 is 0. The highest BCUT2D eigenvalue weighted by Gasteiger charge is 2.50. The summed E-state index contributed by atoms with van der Waals surface area (Å²) in [4.78, 5) is 51.2. The standard InChI is InChI=1S/C65H108O12/c1-4-7-10-13-16-19-22-25-27-29-31-34-36-39-42-45-48-51-57(66)73-54-56(75-58(67)52-49-46-43-40-37-33-24-21-18-15-12-9-6-3)55-74-65-63(61(70)60(69)62(77-65)64(71)72)76-59(68)53-50-47-44-41-38-35-32-30-28-26-23-20-17-14-11-8-5-2/h8-9,11-12,17-18,20-21,25-28,33,37,56,60-63,65,69-70H,4-7,10,13-16,19,22-24,29-32,34-36,38-55H2,1-3H3,(H,71,72)/b11-8-,12-9-,20-17-,21-18-,27-25-,28-26-,37-33-. The number of hydrogen-bond donors (Lipinski definition) is 3. The quantitative estimate of drug-likeness (QED) is 0.0228. The van der Waals surface area contributed by atoms with Gasteiger partial charge in [0.2, 0.25) is 0 Å². The molecule has 0 saturated carbocycles. The highest BCUT2D eigenvalue weighted by atomic mass is 16.7. The molecule has 0 bridgehead atoms. The van der Waals surface area contributed by atoms with E-state index in [1.54, 1.807) is 0 Å². The lowest BCUT2D eigenvalue weighted by Gasteiger charge is -2.40. The minimum absolute atomic E-state index is 0.0425. The van der Waals surface area contributed by atoms with Gasteiger partial charge in [-0.15, -0.1) is 0 Å². The Morgan fingerprint density at radius 2 is 0.818 bits per heavy atom. The Hall–Kier alpha value is -4.10. The monoisotopic (exact) mass is 1080 g/mol. The maximum Gasteiger partial charge on any atom is 0.335 e. The molecule has 0 aromatic heterocycles. The number of carboxylic acid groups (broad SMARTS) is 1. The van der Waals surface area contributed by atoms with Gasteiger partial charge in [-0.2, -0.15) is 0 Å². The lowest BCUT2D eigenvalue weighted by molar-refractivity contribution is -0.301. The van der Waals surface area contributed by atoms with Crippen molar-refractivity contribution in [3.05, 3.63) is 85.1 Å². The van der Waals surface area contributed by atoms with E-state index in [1.807, 2.05) is 0 Å². The number of aliphatic carboxylic acids is 1. The molecular weight excluding hydrogens is 973 g/mol. The number of esters is 3. The number of rotatable bonds is 51. The van der Waals surface area contributed by atoms with E-state index < -0.39 is 67.3 Å². The van der Waals surface area contributed by atoms with Crippen LogP contribution in [0.2, 0.25) is 0 Å². The number of hydrogen-bond acceptors (Lipinski definition) is 11. The van der Waals surface area contributed by atoms with Crippen molar-refractivity contribution in [3.8, 4) is 0 Å². The van der Waals surface area contributed by atoms with Gasteiger partial charge in [0, 0.05) is 19.3 Å². The van der Waals surface area contributed by atoms with Crippen LogP contribution in [0.4, 0.5) is 0 Å². The van der Waals surface area contributed by atoms with Gasteiger partial charge in [0.25, 0.3) is 0 Å². The number of carboxylic acids is 1. The Morgan fingerprint density at radius 3 is 1.27 bits per heavy atom. The van der Waals surface area contributed by atoms with Crippen LogP contribution in [-0.4, -0.2) is 89.2 Å². The molecule has 0 aromatic carbocycles. The van der Waals surface area contributed by atoms with Crippen molar-refractivity contribution in [3.63, 3.8) is 0 Å². The highest BCUT2D eigenvalue weighted by molar-refractivity contribution is 5.74. The van der Waals surface area contributed by atoms with Gasteiger partial charge in [-0.3, -0.25) is 14.4 Å². The number of carbonyl (C=O) groups excluding carboxylic acids is 3. The van der Waals surface area contributed by atoms with Crippen LogP contribution in [-0.2, 0) is 42.9 Å². The fraction of sp³-hybridized carbons (Fsp3) is 0.723. The Balaban J connectivity index is 2.69. The van der Waals surface area contributed by atoms with Crippen LogP contribution in [0.3, 0.4) is 0 Å². The minimum Gasteiger partial charge on any atom is -0.479 e. The molecule has 12 heteroatoms. The molecule has 12 nitrogen and oxygen atoms in total. The van der Waals surface area contributed by atoms with E-state index in [0.29, 0.717) is 19.3 Å². The number of ether oxygens (including phenoxy) is 5. The smallest absolute Gasteiger partial charge is 0.335 e. The van der Waals surface area contributed by atoms with Crippen LogP contribution in [0.25, 0.3) is 0 Å². The number of allylic oxidation sites excluding steroid dienone is 14. The van der Waals surface area contributed by atoms with Crippen molar-refractivity contribution in [2.45, 2.75) is 289 Å². The van der Waals surface area contributed by atoms with Gasteiger partial charge in [0.15, 0.2) is 24.6 Å². The summed E-state index contributed by atoms with van der Waals surface area (Å²) in [5.74, 6) is -3.18. The lowest BCUT2D eigenvalue weighted by atomic mass is 9.98. The lowest BCUT2D eigenvalue weighted by Crippen LogP contribution is -2.61. The van der Waals surface area contributed by atoms with Crippen LogP contribution in [0, 0.1) is 0 Å². The van der Waals surface area contributed by atoms with Gasteiger partial charge in [-0.25, -0.2) is 4.79 Å². The van der Waals surface area contributed by atoms with E-state index in [2.05, 4.69) is 106 Å². The Labute approximate surface area is 467 Å². The largest absolute Gasteiger partial charge is 0.479 e. The second-order valence-corrected chi connectivity index (χ2v) is 20.6. The van der Waals surface area contributed by atoms with E-state index >= 15 is 0 Å². The topological polar surface area (TPSA) is 175 Å². The average molecular weight is 1080 g/mol. The zero-order valence-electron chi connectivity index (χ0n) is 48.4. The van der Waals surface area contributed by atoms with Gasteiger partial charge < -0.3 is 39.0 Å². The Morgan fingerprint density at radius 1 is 0.442 bits per heavy atom. The maximum absolute atomic E-state index is 13.1. The molecule has 77 heavy (non-hydrogen) atoms. The highest BCUT2D eigenvalue weighted by Crippen LogP contribution is 2.26. The van der Waals surface area contributed by atoms with E-state index in [0.717, 1.165) is 128 Å². The molecule has 1 fully saturated rings. The normalized spacial score (nSPS) is 18.6. The second kappa shape index (κ2) is 52.6. The zero-order valence-corrected chi connectivity index (χ0v) is 48.4. The summed E-state index contributed by atoms with van der Waals surface area (Å²) in [6.45, 7) is 5.74. The molecule has 1 heterocycles. The third kappa shape index (κ3) is 42.5. The molecule has 1 saturated heterocycles. The first kappa shape index (κ1) is 70.9. The minimum atomic E-state index is -1.91. The molecule has 0 aromatic rings. The summed E-state index contributed by atoms with van der Waals surface area (Å²) < 4.78 is 28.4. The van der Waals surface area contributed by atoms with E-state index in [1.165, 1.54) is 64.2 Å². The van der Waals surface area contributed by atoms with E-state index in [4.69, 9.17) is 23.7 Å². The molecule has 3 N–H and O–H groups in total. The molecule has 6 unspecified atom stereocenters. The first-order chi connectivity index (χ1) is 37.6. The van der Waals surface area contributed by atoms with Crippen molar-refractivity contribution < 1.29 is 58.2 Å². The number of aliphatic hydroxyl groups excluding tert-OH is 2. The average Bonchev–Trinajstić information content (AvgIpc) is 3.42. The molecule has 1 aliphatic rings. The summed E-state index contributed by atoms with van der Waals surface area (Å²) in [6.07, 6.45) is 55.5. The first-order valence-corrected chi connectivity index (χ1v) is 30.6. The van der Waals surface area contributed by atoms with Crippen LogP contribution in [0.1, 0.15) is 252 Å². The van der Waals surface area contributed by atoms with Crippen molar-refractivity contribution in [2.75, 3.05) is 13.2 Å². The molecule has 1 rings (SSSR count). The predicted octanol–water partition coefficient (Wildman–Crippen LogP) is 15.9. The van der Waals surface area contributed by atoms with Gasteiger partial charge in [0.1, 0.15) is 18.8 Å². The summed E-state index contributed by atoms with van der Waals surface area (Å²) in [6, 6.07) is 0. The van der Waals surface area contributed by atoms with Crippen molar-refractivity contribution in [2.24, 2.45) is 0 Å². The Bertz CT molecular complexity index is 1660. The van der Waals surface area contributed by atoms with Crippen LogP contribution >= 0.6 is 0 Å². The molecular formula is C65H108O12. The number of carbonyl (C=O) groups is 4. The molecule has 440 valence electrons. The van der Waals surface area contributed by atoms with Crippen LogP contribution < -0.4 is 0 Å². The van der Waals surface area contributed by atoms with Crippen LogP contribution in [0.5, 0.6) is 0 Å². The molecule has 0 amide bonds. The zero-order chi connectivity index (χ0) is 56.1. The molecule has 0 radical (unpaired) electrons. The van der Waals surface area contributed by atoms with E-state index in [9.17, 15) is 34.5 Å². The molecule has 6 atom stereocenters. The molecule has 0 spiro atoms. The second-order valence-electron chi connectivity index (χ2n) is 20.6. The van der Waals surface area contributed by atoms with Gasteiger partial charge in [-0.05, 0) is 109 Å². The van der Waals surface area contributed by atoms with E-state index in [-0.39, 0.29) is 25.9 Å².